The molecule has 2 aliphatic heterocycles. The van der Waals surface area contributed by atoms with Gasteiger partial charge in [-0.3, -0.25) is 0 Å². The summed E-state index contributed by atoms with van der Waals surface area (Å²) in [6.07, 6.45) is 2.16. The summed E-state index contributed by atoms with van der Waals surface area (Å²) in [4.78, 5) is 0. The molecule has 2 aromatic carbocycles. The molecule has 0 saturated carbocycles. The fraction of sp³-hybridized carbons (Fsp3) is 0.462. The molecule has 2 aromatic rings. The van der Waals surface area contributed by atoms with Gasteiger partial charge in [-0.25, -0.2) is 4.58 Å². The minimum absolute atomic E-state index is 0.0656. The number of fused-ring (bicyclic) bond motifs is 2. The fourth-order valence-electron chi connectivity index (χ4n) is 5.20. The number of rotatable bonds is 4. The largest absolute Gasteiger partial charge is 0.209 e. The lowest BCUT2D eigenvalue weighted by Gasteiger charge is -2.19. The van der Waals surface area contributed by atoms with Crippen molar-refractivity contribution in [3.05, 3.63) is 59.2 Å². The molecule has 0 N–H and O–H groups in total. The van der Waals surface area contributed by atoms with Crippen molar-refractivity contribution in [3.63, 3.8) is 0 Å². The van der Waals surface area contributed by atoms with Crippen molar-refractivity contribution in [1.29, 1.82) is 0 Å². The summed E-state index contributed by atoms with van der Waals surface area (Å²) in [6, 6.07) is 16.0. The molecule has 2 heteroatoms. The second-order valence-electron chi connectivity index (χ2n) is 9.54. The van der Waals surface area contributed by atoms with Gasteiger partial charge in [0.2, 0.25) is 11.4 Å². The van der Waals surface area contributed by atoms with Crippen LogP contribution in [0.15, 0.2) is 42.5 Å². The Bertz CT molecular complexity index is 1020. The van der Waals surface area contributed by atoms with Gasteiger partial charge in [0.05, 0.1) is 17.3 Å². The molecule has 2 nitrogen and oxygen atoms in total. The van der Waals surface area contributed by atoms with Crippen molar-refractivity contribution in [2.75, 3.05) is 13.6 Å². The first-order chi connectivity index (χ1) is 13.2. The molecule has 0 spiro atoms. The molecule has 0 radical (unpaired) electrons. The van der Waals surface area contributed by atoms with Gasteiger partial charge in [-0.15, -0.1) is 0 Å². The molecule has 0 unspecified atom stereocenters. The Labute approximate surface area is 170 Å². The number of para-hydroxylation sites is 1. The molecule has 2 aliphatic rings. The molecule has 0 saturated heterocycles. The van der Waals surface area contributed by atoms with Gasteiger partial charge in [0.15, 0.2) is 11.4 Å². The maximum Gasteiger partial charge on any atom is 0.209 e. The van der Waals surface area contributed by atoms with E-state index >= 15 is 0 Å². The van der Waals surface area contributed by atoms with E-state index in [1.807, 2.05) is 0 Å². The van der Waals surface area contributed by atoms with Crippen LogP contribution in [-0.4, -0.2) is 34.2 Å². The van der Waals surface area contributed by atoms with Crippen LogP contribution in [0.5, 0.6) is 0 Å². The van der Waals surface area contributed by atoms with Gasteiger partial charge in [-0.1, -0.05) is 31.2 Å². The van der Waals surface area contributed by atoms with Gasteiger partial charge in [0, 0.05) is 36.6 Å². The summed E-state index contributed by atoms with van der Waals surface area (Å²) in [5.41, 5.74) is 10.2. The molecule has 0 aliphatic carbocycles. The van der Waals surface area contributed by atoms with Crippen molar-refractivity contribution in [2.24, 2.45) is 0 Å². The van der Waals surface area contributed by atoms with Crippen LogP contribution in [0, 0.1) is 0 Å². The zero-order valence-corrected chi connectivity index (χ0v) is 18.6. The Morgan fingerprint density at radius 3 is 2.25 bits per heavy atom. The van der Waals surface area contributed by atoms with E-state index in [9.17, 15) is 0 Å². The summed E-state index contributed by atoms with van der Waals surface area (Å²) in [7, 11) is 2.22. The van der Waals surface area contributed by atoms with Crippen LogP contribution in [0.1, 0.15) is 64.7 Å². The summed E-state index contributed by atoms with van der Waals surface area (Å²) in [5, 5.41) is 0. The van der Waals surface area contributed by atoms with Crippen LogP contribution in [-0.2, 0) is 17.3 Å². The van der Waals surface area contributed by atoms with E-state index in [2.05, 4.69) is 100 Å². The van der Waals surface area contributed by atoms with Gasteiger partial charge in [-0.05, 0) is 39.3 Å². The van der Waals surface area contributed by atoms with Gasteiger partial charge in [-0.2, -0.15) is 4.58 Å². The monoisotopic (exact) mass is 374 g/mol. The third-order valence-electron chi connectivity index (χ3n) is 7.22. The Morgan fingerprint density at radius 1 is 0.857 bits per heavy atom. The lowest BCUT2D eigenvalue weighted by Crippen LogP contribution is -2.30. The molecule has 146 valence electrons. The molecule has 0 amide bonds. The number of benzene rings is 2. The Hall–Kier alpha value is -2.22. The van der Waals surface area contributed by atoms with Crippen LogP contribution in [0.4, 0.5) is 11.4 Å². The minimum Gasteiger partial charge on any atom is -0.201 e. The Morgan fingerprint density at radius 2 is 1.57 bits per heavy atom. The molecule has 28 heavy (non-hydrogen) atoms. The molecular formula is C26H34N2+2. The molecular weight excluding hydrogens is 340 g/mol. The van der Waals surface area contributed by atoms with Crippen LogP contribution >= 0.6 is 0 Å². The second-order valence-corrected chi connectivity index (χ2v) is 9.54. The standard InChI is InChI=1S/C26H34N2/c1-8-15-28-18(2)25(3,4)21-16-19(13-14-23(21)28)17-24-26(5,6)20-11-9-10-12-22(20)27(24)7/h9-14,16H,8,15,17H2,1-7H3/q+2. The minimum atomic E-state index is 0.0656. The number of hydrogen-bond donors (Lipinski definition) is 0. The third-order valence-corrected chi connectivity index (χ3v) is 7.22. The summed E-state index contributed by atoms with van der Waals surface area (Å²) in [5.74, 6) is 0. The zero-order chi connectivity index (χ0) is 20.3. The molecule has 4 rings (SSSR count). The van der Waals surface area contributed by atoms with Gasteiger partial charge in [0.1, 0.15) is 13.6 Å². The average molecular weight is 375 g/mol. The predicted octanol–water partition coefficient (Wildman–Crippen LogP) is 5.74. The first kappa shape index (κ1) is 19.1. The predicted molar refractivity (Wildman–Crippen MR) is 119 cm³/mol. The average Bonchev–Trinajstić information content (AvgIpc) is 2.98. The van der Waals surface area contributed by atoms with Crippen molar-refractivity contribution < 1.29 is 9.15 Å². The Balaban J connectivity index is 1.73. The highest BCUT2D eigenvalue weighted by atomic mass is 15.1. The van der Waals surface area contributed by atoms with E-state index in [-0.39, 0.29) is 10.8 Å². The topological polar surface area (TPSA) is 6.02 Å². The number of nitrogens with zero attached hydrogens (tertiary/aromatic N) is 2. The maximum atomic E-state index is 2.52. The molecule has 0 atom stereocenters. The van der Waals surface area contributed by atoms with Crippen LogP contribution in [0.25, 0.3) is 0 Å². The van der Waals surface area contributed by atoms with Crippen molar-refractivity contribution in [1.82, 2.24) is 0 Å². The first-order valence-corrected chi connectivity index (χ1v) is 10.6. The van der Waals surface area contributed by atoms with Crippen molar-refractivity contribution in [2.45, 2.75) is 65.2 Å². The van der Waals surface area contributed by atoms with Crippen LogP contribution in [0.3, 0.4) is 0 Å². The van der Waals surface area contributed by atoms with E-state index in [1.54, 1.807) is 0 Å². The maximum absolute atomic E-state index is 2.52. The van der Waals surface area contributed by atoms with E-state index in [0.29, 0.717) is 0 Å². The van der Waals surface area contributed by atoms with E-state index in [0.717, 1.165) is 13.0 Å². The van der Waals surface area contributed by atoms with Crippen molar-refractivity contribution >= 4 is 22.8 Å². The summed E-state index contributed by atoms with van der Waals surface area (Å²) in [6.45, 7) is 15.1. The first-order valence-electron chi connectivity index (χ1n) is 10.6. The summed E-state index contributed by atoms with van der Waals surface area (Å²) >= 11 is 0. The highest BCUT2D eigenvalue weighted by Crippen LogP contribution is 2.42. The van der Waals surface area contributed by atoms with Gasteiger partial charge in [0.25, 0.3) is 0 Å². The summed E-state index contributed by atoms with van der Waals surface area (Å²) < 4.78 is 4.93. The number of hydrogen-bond acceptors (Lipinski definition) is 0. The van der Waals surface area contributed by atoms with Crippen molar-refractivity contribution in [3.8, 4) is 0 Å². The Kier molecular flexibility index (Phi) is 4.37. The molecule has 0 bridgehead atoms. The SMILES string of the molecule is CCC[N+]1=C(C)C(C)(C)c2cc(CC3=[N+](C)c4ccccc4C3(C)C)ccc21. The van der Waals surface area contributed by atoms with E-state index < -0.39 is 0 Å². The lowest BCUT2D eigenvalue weighted by molar-refractivity contribution is -0.438. The van der Waals surface area contributed by atoms with Gasteiger partial charge >= 0.3 is 0 Å². The zero-order valence-electron chi connectivity index (χ0n) is 18.6. The highest BCUT2D eigenvalue weighted by Gasteiger charge is 2.45. The smallest absolute Gasteiger partial charge is 0.201 e. The quantitative estimate of drug-likeness (QED) is 0.602. The third kappa shape index (κ3) is 2.61. The molecule has 0 fully saturated rings. The highest BCUT2D eigenvalue weighted by molar-refractivity contribution is 5.97. The molecule has 0 aromatic heterocycles. The van der Waals surface area contributed by atoms with E-state index in [1.165, 1.54) is 45.9 Å². The normalized spacial score (nSPS) is 19.2. The fourth-order valence-corrected chi connectivity index (χ4v) is 5.20. The van der Waals surface area contributed by atoms with Crippen LogP contribution < -0.4 is 0 Å². The molecule has 2 heterocycles. The van der Waals surface area contributed by atoms with Gasteiger partial charge < -0.3 is 0 Å². The lowest BCUT2D eigenvalue weighted by atomic mass is 9.78. The second kappa shape index (κ2) is 6.40. The van der Waals surface area contributed by atoms with Crippen LogP contribution in [0.2, 0.25) is 0 Å². The van der Waals surface area contributed by atoms with E-state index in [4.69, 9.17) is 0 Å².